The topological polar surface area (TPSA) is 143 Å². The number of aromatic nitrogens is 3. The molecule has 58 heavy (non-hydrogen) atoms. The van der Waals surface area contributed by atoms with Crippen LogP contribution in [0.3, 0.4) is 0 Å². The number of ether oxygens (including phenoxy) is 2. The van der Waals surface area contributed by atoms with Crippen molar-refractivity contribution in [3.63, 3.8) is 0 Å². The third-order valence-corrected chi connectivity index (χ3v) is 12.2. The second kappa shape index (κ2) is 19.1. The molecule has 8 bridgehead atoms. The number of esters is 2. The quantitative estimate of drug-likeness (QED) is 0.0525. The number of carbonyl (C=O) groups is 4. The van der Waals surface area contributed by atoms with E-state index in [2.05, 4.69) is 34.6 Å². The molecule has 1 aliphatic carbocycles. The third-order valence-electron chi connectivity index (χ3n) is 12.2. The van der Waals surface area contributed by atoms with Crippen LogP contribution >= 0.6 is 0 Å². The third kappa shape index (κ3) is 8.67. The fourth-order valence-electron chi connectivity index (χ4n) is 8.91. The van der Waals surface area contributed by atoms with Gasteiger partial charge in [0.1, 0.15) is 18.8 Å². The Labute approximate surface area is 358 Å². The Kier molecular flexibility index (Phi) is 14.8. The number of hydrogen-bond acceptors (Lipinski definition) is 6. The summed E-state index contributed by atoms with van der Waals surface area (Å²) in [5.74, 6) is -2.47. The van der Waals surface area contributed by atoms with Crippen LogP contribution in [-0.2, 0) is 31.9 Å². The summed E-state index contributed by atoms with van der Waals surface area (Å²) in [5.41, 5.74) is 9.56. The molecule has 0 saturated carbocycles. The Bertz CT molecular complexity index is 2300. The van der Waals surface area contributed by atoms with Crippen molar-refractivity contribution in [3.8, 4) is 0 Å². The van der Waals surface area contributed by atoms with E-state index in [0.29, 0.717) is 62.9 Å². The van der Waals surface area contributed by atoms with Crippen molar-refractivity contribution in [1.29, 1.82) is 0 Å². The smallest absolute Gasteiger partial charge is 0.664 e. The van der Waals surface area contributed by atoms with E-state index in [4.69, 9.17) is 29.7 Å². The molecule has 0 amide bonds. The molecular formula is C47H56MgN4O6-2. The van der Waals surface area contributed by atoms with E-state index in [1.807, 2.05) is 45.1 Å². The van der Waals surface area contributed by atoms with E-state index in [9.17, 15) is 19.2 Å². The molecule has 6 rings (SSSR count). The van der Waals surface area contributed by atoms with E-state index in [0.717, 1.165) is 65.2 Å². The summed E-state index contributed by atoms with van der Waals surface area (Å²) < 4.78 is 10.9. The predicted molar refractivity (Wildman–Crippen MR) is 228 cm³/mol. The van der Waals surface area contributed by atoms with Crippen molar-refractivity contribution >= 4 is 70.9 Å². The van der Waals surface area contributed by atoms with Gasteiger partial charge in [0.25, 0.3) is 0 Å². The van der Waals surface area contributed by atoms with Crippen molar-refractivity contribution in [2.24, 2.45) is 23.7 Å². The molecule has 0 spiro atoms. The molecule has 1 fully saturated rings. The summed E-state index contributed by atoms with van der Waals surface area (Å²) in [6.45, 7) is 16.8. The van der Waals surface area contributed by atoms with E-state index < -0.39 is 17.7 Å². The van der Waals surface area contributed by atoms with Gasteiger partial charge in [-0.05, 0) is 76.7 Å². The first-order chi connectivity index (χ1) is 27.4. The molecule has 3 aromatic rings. The van der Waals surface area contributed by atoms with Crippen LogP contribution in [0.2, 0.25) is 0 Å². The van der Waals surface area contributed by atoms with Gasteiger partial charge in [-0.25, -0.2) is 0 Å². The van der Waals surface area contributed by atoms with E-state index in [1.54, 1.807) is 0 Å². The van der Waals surface area contributed by atoms with Gasteiger partial charge in [0.05, 0.1) is 7.11 Å². The summed E-state index contributed by atoms with van der Waals surface area (Å²) >= 11 is 0. The molecule has 10 nitrogen and oxygen atoms in total. The number of carbonyl (C=O) groups excluding carboxylic acids is 4. The Morgan fingerprint density at radius 3 is 2.29 bits per heavy atom. The predicted octanol–water partition coefficient (Wildman–Crippen LogP) is 6.96. The average Bonchev–Trinajstić information content (AvgIpc) is 3.94. The number of hydrogen-bond donors (Lipinski definition) is 0. The van der Waals surface area contributed by atoms with Gasteiger partial charge in [0, 0.05) is 17.5 Å². The van der Waals surface area contributed by atoms with Crippen molar-refractivity contribution < 1.29 is 28.7 Å². The Morgan fingerprint density at radius 1 is 0.914 bits per heavy atom. The minimum atomic E-state index is -1.25. The zero-order valence-corrected chi connectivity index (χ0v) is 37.1. The normalized spacial score (nSPS) is 22.2. The van der Waals surface area contributed by atoms with Crippen molar-refractivity contribution in [3.05, 3.63) is 95.2 Å². The van der Waals surface area contributed by atoms with Gasteiger partial charge in [-0.3, -0.25) is 19.2 Å². The number of nitrogens with zero attached hydrogens (tertiary/aromatic N) is 4. The summed E-state index contributed by atoms with van der Waals surface area (Å²) in [4.78, 5) is 68.6. The van der Waals surface area contributed by atoms with E-state index >= 15 is 0 Å². The summed E-state index contributed by atoms with van der Waals surface area (Å²) in [6, 6.07) is 0. The first kappa shape index (κ1) is 44.7. The zero-order valence-electron chi connectivity index (χ0n) is 35.7. The number of fused-ring (bicyclic) bond motifs is 7. The molecule has 304 valence electrons. The van der Waals surface area contributed by atoms with Gasteiger partial charge in [-0.2, -0.15) is 11.4 Å². The molecule has 1 saturated heterocycles. The molecule has 2 aliphatic heterocycles. The van der Waals surface area contributed by atoms with Gasteiger partial charge in [0.2, 0.25) is 0 Å². The molecule has 3 aliphatic rings. The maximum Gasteiger partial charge on any atom is 2.00 e. The molecule has 0 N–H and O–H groups in total. The monoisotopic (exact) mass is 796 g/mol. The number of rotatable bonds is 15. The van der Waals surface area contributed by atoms with Gasteiger partial charge < -0.3 is 29.7 Å². The zero-order chi connectivity index (χ0) is 41.1. The van der Waals surface area contributed by atoms with Gasteiger partial charge in [-0.15, -0.1) is 33.5 Å². The van der Waals surface area contributed by atoms with Crippen LogP contribution < -0.4 is 25.7 Å². The van der Waals surface area contributed by atoms with Crippen molar-refractivity contribution in [2.45, 2.75) is 113 Å². The Hall–Kier alpha value is -4.35. The molecule has 3 aromatic heterocycles. The van der Waals surface area contributed by atoms with Crippen LogP contribution in [0.4, 0.5) is 0 Å². The van der Waals surface area contributed by atoms with E-state index in [1.165, 1.54) is 31.9 Å². The van der Waals surface area contributed by atoms with Gasteiger partial charge in [0.15, 0.2) is 5.78 Å². The van der Waals surface area contributed by atoms with Crippen LogP contribution in [0.15, 0.2) is 23.0 Å². The fourth-order valence-corrected chi connectivity index (χ4v) is 8.91. The largest absolute Gasteiger partial charge is 2.00 e. The molecule has 4 atom stereocenters. The number of ketones is 1. The number of Topliss-reactive ketones (excluding diaryl/α,β-unsaturated/α-hetero) is 1. The van der Waals surface area contributed by atoms with Crippen LogP contribution in [-0.4, -0.2) is 60.8 Å². The summed E-state index contributed by atoms with van der Waals surface area (Å²) in [7, 11) is 1.27. The number of allylic oxidation sites excluding steroid dienone is 3. The maximum atomic E-state index is 14.3. The minimum absolute atomic E-state index is 0. The van der Waals surface area contributed by atoms with Crippen molar-refractivity contribution in [1.82, 2.24) is 15.0 Å². The van der Waals surface area contributed by atoms with Crippen LogP contribution in [0.1, 0.15) is 152 Å². The molecule has 0 aromatic carbocycles. The van der Waals surface area contributed by atoms with Crippen LogP contribution in [0.5, 0.6) is 0 Å². The maximum absolute atomic E-state index is 14.3. The summed E-state index contributed by atoms with van der Waals surface area (Å²) in [6.07, 6.45) is 16.0. The Morgan fingerprint density at radius 2 is 1.62 bits per heavy atom. The SMILES string of the molecule is CCC[C@@H](C)CCC/C(C)=C\COC(=O)CC[C@@H]1/C2=C3/c4[n-]c(c(C)c4C(=O)[C@@H]3C(=O)OC)/C=c3\[n-]/c(c(C=O)c3CC)=C\c3[n-]c(c(C)c3CC)/C=C(\[N-]2)[C@H]1C.[Mg+2]. The minimum Gasteiger partial charge on any atom is -0.664 e. The second-order valence-electron chi connectivity index (χ2n) is 16.0. The van der Waals surface area contributed by atoms with E-state index in [-0.39, 0.29) is 53.9 Å². The first-order valence-corrected chi connectivity index (χ1v) is 20.7. The average molecular weight is 797 g/mol. The molecule has 11 heteroatoms. The molecule has 5 heterocycles. The Balaban J connectivity index is 0.00000641. The van der Waals surface area contributed by atoms with Crippen molar-refractivity contribution in [2.75, 3.05) is 13.7 Å². The molecule has 0 unspecified atom stereocenters. The molecular weight excluding hydrogens is 741 g/mol. The first-order valence-electron chi connectivity index (χ1n) is 20.7. The van der Waals surface area contributed by atoms with Gasteiger partial charge >= 0.3 is 35.0 Å². The molecule has 0 radical (unpaired) electrons. The summed E-state index contributed by atoms with van der Waals surface area (Å²) in [5, 5.41) is 6.32. The van der Waals surface area contributed by atoms with Gasteiger partial charge in [-0.1, -0.05) is 106 Å². The fraction of sp³-hybridized carbons (Fsp3) is 0.489. The number of methoxy groups -OCH3 is 1. The van der Waals surface area contributed by atoms with Crippen LogP contribution in [0.25, 0.3) is 29.1 Å². The standard InChI is InChI=1S/C47H57N4O6.Mg/c1-10-14-25(4)15-13-16-26(5)19-20-57-40(53)18-17-32-28(7)35-21-34-27(6)30(11-2)37(48-34)23-39-33(24-52)31(12-3)38(49-39)22-36-29(8)41-45(51-36)42(44(32)50-35)43(46(41)54)47(55)56-9;/h19,21-25,28,32,43H,10-18,20H2,1-9H3,(H-,50,51,52,54);/q-3;+2/p-1/b26-19-,35-21-,39-23-;/t25-,28+,32+,43-;/m1./s1. The van der Waals surface area contributed by atoms with Crippen LogP contribution in [0, 0.1) is 37.5 Å². The number of aldehydes is 1. The second-order valence-corrected chi connectivity index (χ2v) is 16.0.